The molecular formula is C19H29NO4. The second-order valence-corrected chi connectivity index (χ2v) is 7.93. The summed E-state index contributed by atoms with van der Waals surface area (Å²) in [6.07, 6.45) is -0.630. The Morgan fingerprint density at radius 2 is 1.46 bits per heavy atom. The molecular weight excluding hydrogens is 306 g/mol. The third-order valence-electron chi connectivity index (χ3n) is 3.87. The van der Waals surface area contributed by atoms with Crippen molar-refractivity contribution >= 4 is 12.1 Å². The molecule has 1 atom stereocenters. The fraction of sp³-hybridized carbons (Fsp3) is 0.579. The lowest BCUT2D eigenvalue weighted by Crippen LogP contribution is -2.44. The van der Waals surface area contributed by atoms with Crippen LogP contribution in [0.1, 0.15) is 71.6 Å². The third-order valence-corrected chi connectivity index (χ3v) is 3.87. The molecule has 2 N–H and O–H groups in total. The van der Waals surface area contributed by atoms with Crippen molar-refractivity contribution in [2.45, 2.75) is 66.0 Å². The predicted molar refractivity (Wildman–Crippen MR) is 94.1 cm³/mol. The number of hydrogen-bond donors (Lipinski definition) is 2. The molecule has 0 aromatic heterocycles. The summed E-state index contributed by atoms with van der Waals surface area (Å²) >= 11 is 0. The van der Waals surface area contributed by atoms with Crippen molar-refractivity contribution < 1.29 is 19.4 Å². The van der Waals surface area contributed by atoms with Crippen molar-refractivity contribution in [2.24, 2.45) is 5.41 Å². The Bertz CT molecular complexity index is 582. The van der Waals surface area contributed by atoms with E-state index >= 15 is 0 Å². The van der Waals surface area contributed by atoms with Crippen LogP contribution in [0.25, 0.3) is 0 Å². The minimum absolute atomic E-state index is 0.379. The summed E-state index contributed by atoms with van der Waals surface area (Å²) in [5.74, 6) is -0.611. The van der Waals surface area contributed by atoms with Gasteiger partial charge in [0.1, 0.15) is 5.60 Å². The summed E-state index contributed by atoms with van der Waals surface area (Å²) < 4.78 is 5.28. The van der Waals surface area contributed by atoms with Crippen molar-refractivity contribution in [3.05, 3.63) is 35.4 Å². The molecule has 5 nitrogen and oxygen atoms in total. The van der Waals surface area contributed by atoms with E-state index in [0.717, 1.165) is 11.1 Å². The van der Waals surface area contributed by atoms with Crippen LogP contribution in [-0.4, -0.2) is 22.8 Å². The summed E-state index contributed by atoms with van der Waals surface area (Å²) in [6.45, 7) is 12.7. The molecule has 0 fully saturated rings. The fourth-order valence-corrected chi connectivity index (χ4v) is 2.30. The number of amides is 1. The third kappa shape index (κ3) is 5.25. The Morgan fingerprint density at radius 1 is 1.00 bits per heavy atom. The lowest BCUT2D eigenvalue weighted by atomic mass is 9.80. The highest BCUT2D eigenvalue weighted by Crippen LogP contribution is 2.34. The van der Waals surface area contributed by atoms with Gasteiger partial charge in [-0.15, -0.1) is 0 Å². The molecule has 0 spiro atoms. The summed E-state index contributed by atoms with van der Waals surface area (Å²) in [5, 5.41) is 12.3. The van der Waals surface area contributed by atoms with E-state index < -0.39 is 29.1 Å². The number of hydrogen-bond acceptors (Lipinski definition) is 3. The van der Waals surface area contributed by atoms with E-state index in [1.54, 1.807) is 34.6 Å². The van der Waals surface area contributed by atoms with Crippen molar-refractivity contribution in [3.8, 4) is 0 Å². The van der Waals surface area contributed by atoms with Crippen LogP contribution >= 0.6 is 0 Å². The molecule has 1 aromatic carbocycles. The molecule has 1 amide bonds. The maximum Gasteiger partial charge on any atom is 0.408 e. The van der Waals surface area contributed by atoms with E-state index in [-0.39, 0.29) is 0 Å². The fourth-order valence-electron chi connectivity index (χ4n) is 2.30. The number of ether oxygens (including phenoxy) is 1. The van der Waals surface area contributed by atoms with Gasteiger partial charge in [0.05, 0.1) is 11.5 Å². The number of alkyl carbamates (subject to hydrolysis) is 1. The molecule has 0 aliphatic heterocycles. The van der Waals surface area contributed by atoms with Crippen LogP contribution in [0.5, 0.6) is 0 Å². The molecule has 0 saturated heterocycles. The molecule has 134 valence electrons. The van der Waals surface area contributed by atoms with Crippen molar-refractivity contribution in [1.29, 1.82) is 0 Å². The standard InChI is InChI=1S/C19H29NO4/c1-12(2)13-8-10-14(11-9-13)15(19(6,7)16(21)22)20-17(23)24-18(3,4)5/h8-12,15H,1-7H3,(H,20,23)(H,21,22)/t15-/m1/s1. The molecule has 0 bridgehead atoms. The van der Waals surface area contributed by atoms with Crippen LogP contribution in [0.15, 0.2) is 24.3 Å². The van der Waals surface area contributed by atoms with Crippen LogP contribution in [0.3, 0.4) is 0 Å². The monoisotopic (exact) mass is 335 g/mol. The average Bonchev–Trinajstić information content (AvgIpc) is 2.42. The first-order chi connectivity index (χ1) is 10.8. The number of carboxylic acids is 1. The summed E-state index contributed by atoms with van der Waals surface area (Å²) in [6, 6.07) is 6.94. The predicted octanol–water partition coefficient (Wildman–Crippen LogP) is 4.49. The Kier molecular flexibility index (Phi) is 6.04. The lowest BCUT2D eigenvalue weighted by molar-refractivity contribution is -0.148. The van der Waals surface area contributed by atoms with Gasteiger partial charge in [-0.05, 0) is 51.7 Å². The molecule has 0 radical (unpaired) electrons. The molecule has 5 heteroatoms. The zero-order valence-corrected chi connectivity index (χ0v) is 15.6. The topological polar surface area (TPSA) is 75.6 Å². The minimum atomic E-state index is -1.18. The maximum absolute atomic E-state index is 12.2. The number of carbonyl (C=O) groups excluding carboxylic acids is 1. The molecule has 0 heterocycles. The van der Waals surface area contributed by atoms with Gasteiger partial charge in [0.25, 0.3) is 0 Å². The first-order valence-corrected chi connectivity index (χ1v) is 8.17. The van der Waals surface area contributed by atoms with Gasteiger partial charge in [-0.1, -0.05) is 38.1 Å². The SMILES string of the molecule is CC(C)c1ccc([C@@H](NC(=O)OC(C)(C)C)C(C)(C)C(=O)O)cc1. The Hall–Kier alpha value is -2.04. The van der Waals surface area contributed by atoms with Crippen LogP contribution in [0.4, 0.5) is 4.79 Å². The average molecular weight is 335 g/mol. The van der Waals surface area contributed by atoms with Crippen LogP contribution in [0, 0.1) is 5.41 Å². The minimum Gasteiger partial charge on any atom is -0.481 e. The van der Waals surface area contributed by atoms with Gasteiger partial charge in [0.15, 0.2) is 0 Å². The van der Waals surface area contributed by atoms with E-state index in [4.69, 9.17) is 4.74 Å². The largest absolute Gasteiger partial charge is 0.481 e. The van der Waals surface area contributed by atoms with Gasteiger partial charge in [-0.3, -0.25) is 4.79 Å². The Balaban J connectivity index is 3.15. The molecule has 0 saturated carbocycles. The molecule has 1 rings (SSSR count). The second kappa shape index (κ2) is 7.24. The van der Waals surface area contributed by atoms with E-state index in [1.807, 2.05) is 24.3 Å². The summed E-state index contributed by atoms with van der Waals surface area (Å²) in [4.78, 5) is 23.8. The normalized spacial score (nSPS) is 13.5. The Labute approximate surface area is 144 Å². The van der Waals surface area contributed by atoms with E-state index in [9.17, 15) is 14.7 Å². The number of carboxylic acid groups (broad SMARTS) is 1. The number of benzene rings is 1. The van der Waals surface area contributed by atoms with Crippen molar-refractivity contribution in [1.82, 2.24) is 5.32 Å². The van der Waals surface area contributed by atoms with E-state index in [0.29, 0.717) is 5.92 Å². The Morgan fingerprint density at radius 3 is 1.83 bits per heavy atom. The second-order valence-electron chi connectivity index (χ2n) is 7.93. The highest BCUT2D eigenvalue weighted by molar-refractivity contribution is 5.77. The van der Waals surface area contributed by atoms with Crippen molar-refractivity contribution in [3.63, 3.8) is 0 Å². The first-order valence-electron chi connectivity index (χ1n) is 8.17. The van der Waals surface area contributed by atoms with Crippen LogP contribution < -0.4 is 5.32 Å². The van der Waals surface area contributed by atoms with Crippen LogP contribution in [-0.2, 0) is 9.53 Å². The van der Waals surface area contributed by atoms with Crippen molar-refractivity contribution in [2.75, 3.05) is 0 Å². The van der Waals surface area contributed by atoms with E-state index in [2.05, 4.69) is 19.2 Å². The molecule has 0 aliphatic rings. The van der Waals surface area contributed by atoms with Gasteiger partial charge in [-0.2, -0.15) is 0 Å². The first kappa shape index (κ1) is 20.0. The summed E-state index contributed by atoms with van der Waals surface area (Å²) in [5.41, 5.74) is 0.0558. The summed E-state index contributed by atoms with van der Waals surface area (Å²) in [7, 11) is 0. The highest BCUT2D eigenvalue weighted by atomic mass is 16.6. The molecule has 0 unspecified atom stereocenters. The van der Waals surface area contributed by atoms with E-state index in [1.165, 1.54) is 0 Å². The molecule has 1 aromatic rings. The molecule has 0 aliphatic carbocycles. The number of aliphatic carboxylic acids is 1. The number of nitrogens with one attached hydrogen (secondary N) is 1. The highest BCUT2D eigenvalue weighted by Gasteiger charge is 2.39. The smallest absolute Gasteiger partial charge is 0.408 e. The van der Waals surface area contributed by atoms with Gasteiger partial charge >= 0.3 is 12.1 Å². The van der Waals surface area contributed by atoms with Gasteiger partial charge in [-0.25, -0.2) is 4.79 Å². The van der Waals surface area contributed by atoms with Gasteiger partial charge < -0.3 is 15.2 Å². The number of carbonyl (C=O) groups is 2. The quantitative estimate of drug-likeness (QED) is 0.831. The molecule has 24 heavy (non-hydrogen) atoms. The zero-order valence-electron chi connectivity index (χ0n) is 15.6. The number of rotatable bonds is 5. The van der Waals surface area contributed by atoms with Gasteiger partial charge in [0, 0.05) is 0 Å². The lowest BCUT2D eigenvalue weighted by Gasteiger charge is -2.32. The van der Waals surface area contributed by atoms with Gasteiger partial charge in [0.2, 0.25) is 0 Å². The van der Waals surface area contributed by atoms with Crippen LogP contribution in [0.2, 0.25) is 0 Å². The maximum atomic E-state index is 12.2. The zero-order chi connectivity index (χ0) is 18.7.